The van der Waals surface area contributed by atoms with Crippen molar-refractivity contribution in [3.63, 3.8) is 0 Å². The van der Waals surface area contributed by atoms with E-state index >= 15 is 0 Å². The summed E-state index contributed by atoms with van der Waals surface area (Å²) in [4.78, 5) is 33.4. The largest absolute Gasteiger partial charge is 0.348 e. The van der Waals surface area contributed by atoms with Gasteiger partial charge in [0.05, 0.1) is 17.8 Å². The van der Waals surface area contributed by atoms with Crippen LogP contribution in [0.2, 0.25) is 0 Å². The molecule has 1 aromatic rings. The van der Waals surface area contributed by atoms with Crippen LogP contribution in [0.1, 0.15) is 56.3 Å². The third-order valence-electron chi connectivity index (χ3n) is 5.80. The van der Waals surface area contributed by atoms with E-state index in [-0.39, 0.29) is 29.5 Å². The third-order valence-corrected chi connectivity index (χ3v) is 5.80. The van der Waals surface area contributed by atoms with Crippen molar-refractivity contribution in [2.75, 3.05) is 19.6 Å². The molecule has 1 saturated heterocycles. The summed E-state index contributed by atoms with van der Waals surface area (Å²) in [5.74, 6) is -0.721. The zero-order valence-corrected chi connectivity index (χ0v) is 16.2. The predicted molar refractivity (Wildman–Crippen MR) is 101 cm³/mol. The lowest BCUT2D eigenvalue weighted by atomic mass is 10.1. The monoisotopic (exact) mass is 376 g/mol. The van der Waals surface area contributed by atoms with Crippen molar-refractivity contribution in [1.82, 2.24) is 20.1 Å². The van der Waals surface area contributed by atoms with Crippen LogP contribution in [-0.4, -0.2) is 64.4 Å². The van der Waals surface area contributed by atoms with Crippen molar-refractivity contribution in [2.24, 2.45) is 0 Å². The maximum atomic E-state index is 13.3. The summed E-state index contributed by atoms with van der Waals surface area (Å²) in [7, 11) is 0. The molecule has 7 heteroatoms. The van der Waals surface area contributed by atoms with E-state index in [0.717, 1.165) is 19.0 Å². The van der Waals surface area contributed by atoms with Crippen LogP contribution in [0, 0.1) is 5.82 Å². The van der Waals surface area contributed by atoms with Gasteiger partial charge in [-0.05, 0) is 39.2 Å². The highest BCUT2D eigenvalue weighted by Crippen LogP contribution is 2.31. The Morgan fingerprint density at radius 3 is 2.59 bits per heavy atom. The minimum Gasteiger partial charge on any atom is -0.348 e. The smallest absolute Gasteiger partial charge is 0.253 e. The molecule has 2 fully saturated rings. The lowest BCUT2D eigenvalue weighted by molar-refractivity contribution is -0.136. The normalized spacial score (nSPS) is 23.5. The van der Waals surface area contributed by atoms with E-state index in [0.29, 0.717) is 32.1 Å². The molecule has 1 aromatic heterocycles. The second kappa shape index (κ2) is 8.78. The highest BCUT2D eigenvalue weighted by atomic mass is 19.1. The number of carbonyl (C=O) groups is 2. The Labute approximate surface area is 160 Å². The zero-order valence-electron chi connectivity index (χ0n) is 16.2. The van der Waals surface area contributed by atoms with Crippen molar-refractivity contribution in [1.29, 1.82) is 0 Å². The van der Waals surface area contributed by atoms with E-state index in [1.807, 2.05) is 18.7 Å². The third kappa shape index (κ3) is 4.46. The first-order valence-corrected chi connectivity index (χ1v) is 9.99. The van der Waals surface area contributed by atoms with Gasteiger partial charge in [-0.15, -0.1) is 0 Å². The Bertz CT molecular complexity index is 674. The van der Waals surface area contributed by atoms with E-state index in [9.17, 15) is 14.0 Å². The molecule has 0 bridgehead atoms. The molecule has 1 saturated carbocycles. The first-order valence-electron chi connectivity index (χ1n) is 9.99. The van der Waals surface area contributed by atoms with Crippen LogP contribution in [0.15, 0.2) is 18.5 Å². The number of aromatic nitrogens is 1. The molecule has 2 heterocycles. The Morgan fingerprint density at radius 2 is 1.96 bits per heavy atom. The van der Waals surface area contributed by atoms with Crippen LogP contribution in [0.25, 0.3) is 0 Å². The molecule has 2 amide bonds. The van der Waals surface area contributed by atoms with Gasteiger partial charge in [0.15, 0.2) is 0 Å². The first-order chi connectivity index (χ1) is 13.0. The minimum absolute atomic E-state index is 0.120. The van der Waals surface area contributed by atoms with Gasteiger partial charge in [-0.25, -0.2) is 4.39 Å². The number of rotatable bonds is 6. The molecule has 27 heavy (non-hydrogen) atoms. The molecule has 6 nitrogen and oxygen atoms in total. The number of hydrogen-bond acceptors (Lipinski definition) is 4. The highest BCUT2D eigenvalue weighted by molar-refractivity contribution is 5.94. The molecular formula is C20H29FN4O2. The number of hydrogen-bond donors (Lipinski definition) is 1. The molecule has 1 aliphatic carbocycles. The van der Waals surface area contributed by atoms with Gasteiger partial charge in [0.2, 0.25) is 5.91 Å². The van der Waals surface area contributed by atoms with Gasteiger partial charge in [-0.3, -0.25) is 19.5 Å². The molecule has 0 spiro atoms. The lowest BCUT2D eigenvalue weighted by Crippen LogP contribution is -2.48. The Morgan fingerprint density at radius 1 is 1.26 bits per heavy atom. The Balaban J connectivity index is 1.72. The van der Waals surface area contributed by atoms with Gasteiger partial charge in [0.25, 0.3) is 5.91 Å². The van der Waals surface area contributed by atoms with Gasteiger partial charge < -0.3 is 10.2 Å². The van der Waals surface area contributed by atoms with Crippen LogP contribution in [-0.2, 0) is 4.79 Å². The molecule has 148 valence electrons. The van der Waals surface area contributed by atoms with Crippen LogP contribution >= 0.6 is 0 Å². The highest BCUT2D eigenvalue weighted by Gasteiger charge is 2.42. The molecule has 2 atom stereocenters. The van der Waals surface area contributed by atoms with E-state index < -0.39 is 5.82 Å². The number of likely N-dealkylation sites (tertiary alicyclic amines) is 1. The standard InChI is InChI=1S/C20H29FN4O2/c1-3-24(4-2)20(27)18-10-16(13-25(18)17-7-5-6-8-17)23-19(26)14-9-15(21)12-22-11-14/h9,11-12,16-18H,3-8,10,13H2,1-2H3,(H,23,26)/t16-,18+/m1/s1. The van der Waals surface area contributed by atoms with Crippen molar-refractivity contribution in [3.05, 3.63) is 29.8 Å². The molecule has 1 aliphatic heterocycles. The summed E-state index contributed by atoms with van der Waals surface area (Å²) in [5.41, 5.74) is 0.209. The quantitative estimate of drug-likeness (QED) is 0.827. The topological polar surface area (TPSA) is 65.5 Å². The lowest BCUT2D eigenvalue weighted by Gasteiger charge is -2.32. The number of pyridine rings is 1. The SMILES string of the molecule is CCN(CC)C(=O)[C@@H]1C[C@@H](NC(=O)c2cncc(F)c2)CN1C1CCCC1. The van der Waals surface area contributed by atoms with Crippen LogP contribution < -0.4 is 5.32 Å². The number of amides is 2. The fourth-order valence-electron chi connectivity index (χ4n) is 4.40. The van der Waals surface area contributed by atoms with Gasteiger partial charge in [0.1, 0.15) is 5.82 Å². The number of nitrogens with zero attached hydrogens (tertiary/aromatic N) is 3. The molecule has 0 aromatic carbocycles. The maximum Gasteiger partial charge on any atom is 0.253 e. The zero-order chi connectivity index (χ0) is 19.4. The van der Waals surface area contributed by atoms with Crippen molar-refractivity contribution in [2.45, 2.75) is 64.1 Å². The van der Waals surface area contributed by atoms with Crippen LogP contribution in [0.4, 0.5) is 4.39 Å². The van der Waals surface area contributed by atoms with E-state index in [4.69, 9.17) is 0 Å². The molecule has 0 unspecified atom stereocenters. The summed E-state index contributed by atoms with van der Waals surface area (Å²) in [6, 6.07) is 1.28. The summed E-state index contributed by atoms with van der Waals surface area (Å²) >= 11 is 0. The van der Waals surface area contributed by atoms with E-state index in [1.54, 1.807) is 0 Å². The summed E-state index contributed by atoms with van der Waals surface area (Å²) in [6.07, 6.45) is 7.64. The number of likely N-dealkylation sites (N-methyl/N-ethyl adjacent to an activating group) is 1. The Hall–Kier alpha value is -2.02. The number of nitrogens with one attached hydrogen (secondary N) is 1. The molecule has 0 radical (unpaired) electrons. The number of halogens is 1. The average Bonchev–Trinajstić information content (AvgIpc) is 3.32. The Kier molecular flexibility index (Phi) is 6.42. The summed E-state index contributed by atoms with van der Waals surface area (Å²) < 4.78 is 13.3. The van der Waals surface area contributed by atoms with Gasteiger partial charge in [-0.1, -0.05) is 12.8 Å². The average molecular weight is 376 g/mol. The van der Waals surface area contributed by atoms with Crippen LogP contribution in [0.3, 0.4) is 0 Å². The fourth-order valence-corrected chi connectivity index (χ4v) is 4.40. The van der Waals surface area contributed by atoms with Gasteiger partial charge in [0, 0.05) is 37.9 Å². The van der Waals surface area contributed by atoms with E-state index in [1.165, 1.54) is 25.1 Å². The summed E-state index contributed by atoms with van der Waals surface area (Å²) in [6.45, 7) is 6.03. The van der Waals surface area contributed by atoms with Crippen molar-refractivity contribution >= 4 is 11.8 Å². The van der Waals surface area contributed by atoms with E-state index in [2.05, 4.69) is 15.2 Å². The van der Waals surface area contributed by atoms with Gasteiger partial charge >= 0.3 is 0 Å². The molecule has 2 aliphatic rings. The molecule has 1 N–H and O–H groups in total. The van der Waals surface area contributed by atoms with Crippen molar-refractivity contribution < 1.29 is 14.0 Å². The first kappa shape index (κ1) is 19.7. The predicted octanol–water partition coefficient (Wildman–Crippen LogP) is 2.20. The second-order valence-electron chi connectivity index (χ2n) is 7.46. The second-order valence-corrected chi connectivity index (χ2v) is 7.46. The molecular weight excluding hydrogens is 347 g/mol. The maximum absolute atomic E-state index is 13.3. The fraction of sp³-hybridized carbons (Fsp3) is 0.650. The van der Waals surface area contributed by atoms with Crippen molar-refractivity contribution in [3.8, 4) is 0 Å². The van der Waals surface area contributed by atoms with Gasteiger partial charge in [-0.2, -0.15) is 0 Å². The van der Waals surface area contributed by atoms with Crippen LogP contribution in [0.5, 0.6) is 0 Å². The summed E-state index contributed by atoms with van der Waals surface area (Å²) in [5, 5.41) is 2.98. The number of carbonyl (C=O) groups excluding carboxylic acids is 2. The minimum atomic E-state index is -0.531. The molecule has 3 rings (SSSR count).